The molecule has 1 fully saturated rings. The Hall–Kier alpha value is -1.66. The van der Waals surface area contributed by atoms with Crippen LogP contribution in [0.25, 0.3) is 0 Å². The van der Waals surface area contributed by atoms with Crippen LogP contribution in [0.5, 0.6) is 0 Å². The van der Waals surface area contributed by atoms with Crippen molar-refractivity contribution in [2.75, 3.05) is 19.8 Å². The number of ether oxygens (including phenoxy) is 1. The number of carbonyl (C=O) groups is 1. The Kier molecular flexibility index (Phi) is 4.53. The van der Waals surface area contributed by atoms with E-state index in [0.717, 1.165) is 21.8 Å². The lowest BCUT2D eigenvalue weighted by Crippen LogP contribution is -2.43. The van der Waals surface area contributed by atoms with E-state index in [0.29, 0.717) is 19.8 Å². The Bertz CT molecular complexity index is 722. The molecule has 1 amide bonds. The number of hydrogen-bond donors (Lipinski definition) is 1. The lowest BCUT2D eigenvalue weighted by atomic mass is 9.95. The molecule has 5 nitrogen and oxygen atoms in total. The van der Waals surface area contributed by atoms with Crippen molar-refractivity contribution in [1.29, 1.82) is 0 Å². The van der Waals surface area contributed by atoms with Gasteiger partial charge in [0.2, 0.25) is 0 Å². The van der Waals surface area contributed by atoms with Crippen molar-refractivity contribution in [3.63, 3.8) is 0 Å². The number of H-pyrrole nitrogens is 1. The van der Waals surface area contributed by atoms with Crippen LogP contribution in [0.1, 0.15) is 58.3 Å². The summed E-state index contributed by atoms with van der Waals surface area (Å²) in [7, 11) is 0. The van der Waals surface area contributed by atoms with Gasteiger partial charge in [-0.3, -0.25) is 9.89 Å². The third-order valence-electron chi connectivity index (χ3n) is 4.46. The van der Waals surface area contributed by atoms with Gasteiger partial charge in [0.05, 0.1) is 29.8 Å². The minimum absolute atomic E-state index is 0.0609. The molecule has 0 aliphatic carbocycles. The van der Waals surface area contributed by atoms with E-state index in [9.17, 15) is 4.79 Å². The van der Waals surface area contributed by atoms with Crippen molar-refractivity contribution >= 4 is 17.2 Å². The van der Waals surface area contributed by atoms with Crippen molar-refractivity contribution in [3.05, 3.63) is 38.8 Å². The zero-order valence-electron chi connectivity index (χ0n) is 15.0. The van der Waals surface area contributed by atoms with E-state index in [4.69, 9.17) is 4.74 Å². The molecule has 1 aliphatic rings. The van der Waals surface area contributed by atoms with Crippen LogP contribution in [0.15, 0.2) is 12.1 Å². The SMILES string of the molecule is Cc1n[nH]c(C)c1C1COCCN1C(=O)c1ccc(C(C)(C)C)s1. The number of rotatable bonds is 2. The Balaban J connectivity index is 1.91. The lowest BCUT2D eigenvalue weighted by molar-refractivity contribution is -0.00275. The zero-order chi connectivity index (χ0) is 17.5. The number of aromatic amines is 1. The topological polar surface area (TPSA) is 58.2 Å². The van der Waals surface area contributed by atoms with Gasteiger partial charge in [0.25, 0.3) is 5.91 Å². The Morgan fingerprint density at radius 3 is 2.71 bits per heavy atom. The van der Waals surface area contributed by atoms with Gasteiger partial charge in [-0.1, -0.05) is 20.8 Å². The molecular weight excluding hydrogens is 322 g/mol. The number of thiophene rings is 1. The van der Waals surface area contributed by atoms with Crippen molar-refractivity contribution in [2.45, 2.75) is 46.1 Å². The smallest absolute Gasteiger partial charge is 0.264 e. The second kappa shape index (κ2) is 6.33. The van der Waals surface area contributed by atoms with E-state index in [1.807, 2.05) is 24.8 Å². The number of nitrogens with one attached hydrogen (secondary N) is 1. The van der Waals surface area contributed by atoms with Crippen LogP contribution in [0, 0.1) is 13.8 Å². The molecule has 1 N–H and O–H groups in total. The van der Waals surface area contributed by atoms with E-state index in [2.05, 4.69) is 37.0 Å². The van der Waals surface area contributed by atoms with Crippen LogP contribution >= 0.6 is 11.3 Å². The normalized spacial score (nSPS) is 18.9. The standard InChI is InChI=1S/C18H25N3O2S/c1-11-16(12(2)20-19-11)13-10-23-9-8-21(13)17(22)14-6-7-15(24-14)18(3,4)5/h6-7,13H,8-10H2,1-5H3,(H,19,20). The first-order valence-electron chi connectivity index (χ1n) is 8.29. The molecule has 2 aromatic heterocycles. The highest BCUT2D eigenvalue weighted by Gasteiger charge is 2.33. The molecule has 2 aromatic rings. The predicted molar refractivity (Wildman–Crippen MR) is 95.7 cm³/mol. The highest BCUT2D eigenvalue weighted by molar-refractivity contribution is 7.14. The van der Waals surface area contributed by atoms with Gasteiger partial charge in [-0.15, -0.1) is 11.3 Å². The Labute approximate surface area is 147 Å². The maximum Gasteiger partial charge on any atom is 0.264 e. The quantitative estimate of drug-likeness (QED) is 0.903. The molecule has 1 atom stereocenters. The average Bonchev–Trinajstić information content (AvgIpc) is 3.14. The summed E-state index contributed by atoms with van der Waals surface area (Å²) in [6, 6.07) is 3.95. The van der Waals surface area contributed by atoms with Crippen LogP contribution in [0.2, 0.25) is 0 Å². The molecule has 3 rings (SSSR count). The first-order valence-corrected chi connectivity index (χ1v) is 9.11. The van der Waals surface area contributed by atoms with Crippen LogP contribution in [-0.4, -0.2) is 40.8 Å². The molecule has 0 spiro atoms. The van der Waals surface area contributed by atoms with Crippen molar-refractivity contribution in [1.82, 2.24) is 15.1 Å². The summed E-state index contributed by atoms with van der Waals surface area (Å²) in [4.78, 5) is 17.1. The fraction of sp³-hybridized carbons (Fsp3) is 0.556. The second-order valence-electron chi connectivity index (χ2n) is 7.35. The number of hydrogen-bond acceptors (Lipinski definition) is 4. The van der Waals surface area contributed by atoms with Gasteiger partial charge < -0.3 is 9.64 Å². The summed E-state index contributed by atoms with van der Waals surface area (Å²) in [5.74, 6) is 0.0869. The van der Waals surface area contributed by atoms with Crippen LogP contribution in [0.4, 0.5) is 0 Å². The lowest BCUT2D eigenvalue weighted by Gasteiger charge is -2.35. The minimum atomic E-state index is -0.0785. The largest absolute Gasteiger partial charge is 0.377 e. The summed E-state index contributed by atoms with van der Waals surface area (Å²) in [6.07, 6.45) is 0. The van der Waals surface area contributed by atoms with Gasteiger partial charge in [0.15, 0.2) is 0 Å². The zero-order valence-corrected chi connectivity index (χ0v) is 15.8. The van der Waals surface area contributed by atoms with Gasteiger partial charge in [-0.25, -0.2) is 0 Å². The minimum Gasteiger partial charge on any atom is -0.377 e. The molecule has 1 aliphatic heterocycles. The molecular formula is C18H25N3O2S. The molecule has 0 radical (unpaired) electrons. The van der Waals surface area contributed by atoms with Crippen LogP contribution < -0.4 is 0 Å². The van der Waals surface area contributed by atoms with E-state index in [-0.39, 0.29) is 17.4 Å². The van der Waals surface area contributed by atoms with Gasteiger partial charge in [-0.05, 0) is 31.4 Å². The summed E-state index contributed by atoms with van der Waals surface area (Å²) >= 11 is 1.59. The maximum atomic E-state index is 13.1. The molecule has 0 aromatic carbocycles. The first-order chi connectivity index (χ1) is 11.3. The second-order valence-corrected chi connectivity index (χ2v) is 8.43. The van der Waals surface area contributed by atoms with E-state index >= 15 is 0 Å². The Morgan fingerprint density at radius 2 is 2.12 bits per heavy atom. The third kappa shape index (κ3) is 3.13. The Morgan fingerprint density at radius 1 is 1.38 bits per heavy atom. The molecule has 24 heavy (non-hydrogen) atoms. The molecule has 130 valence electrons. The van der Waals surface area contributed by atoms with Crippen molar-refractivity contribution in [2.24, 2.45) is 0 Å². The molecule has 0 bridgehead atoms. The van der Waals surface area contributed by atoms with E-state index < -0.39 is 0 Å². The van der Waals surface area contributed by atoms with E-state index in [1.165, 1.54) is 4.88 Å². The number of morpholine rings is 1. The van der Waals surface area contributed by atoms with Crippen molar-refractivity contribution < 1.29 is 9.53 Å². The van der Waals surface area contributed by atoms with Gasteiger partial charge >= 0.3 is 0 Å². The highest BCUT2D eigenvalue weighted by atomic mass is 32.1. The van der Waals surface area contributed by atoms with Crippen LogP contribution in [0.3, 0.4) is 0 Å². The number of aromatic nitrogens is 2. The number of carbonyl (C=O) groups excluding carboxylic acids is 1. The summed E-state index contributed by atoms with van der Waals surface area (Å²) < 4.78 is 5.66. The van der Waals surface area contributed by atoms with E-state index in [1.54, 1.807) is 11.3 Å². The number of aryl methyl sites for hydroxylation is 2. The predicted octanol–water partition coefficient (Wildman–Crippen LogP) is 3.60. The third-order valence-corrected chi connectivity index (χ3v) is 5.96. The highest BCUT2D eigenvalue weighted by Crippen LogP contribution is 2.33. The molecule has 3 heterocycles. The summed E-state index contributed by atoms with van der Waals surface area (Å²) in [5.41, 5.74) is 3.08. The monoisotopic (exact) mass is 347 g/mol. The number of nitrogens with zero attached hydrogens (tertiary/aromatic N) is 2. The van der Waals surface area contributed by atoms with Crippen LogP contribution in [-0.2, 0) is 10.2 Å². The molecule has 1 saturated heterocycles. The molecule has 1 unspecified atom stereocenters. The molecule has 0 saturated carbocycles. The average molecular weight is 347 g/mol. The fourth-order valence-corrected chi connectivity index (χ4v) is 4.15. The summed E-state index contributed by atoms with van der Waals surface area (Å²) in [5, 5.41) is 7.29. The summed E-state index contributed by atoms with van der Waals surface area (Å²) in [6.45, 7) is 12.2. The first kappa shape index (κ1) is 17.2. The number of amides is 1. The fourth-order valence-electron chi connectivity index (χ4n) is 3.13. The molecule has 6 heteroatoms. The van der Waals surface area contributed by atoms with Crippen molar-refractivity contribution in [3.8, 4) is 0 Å². The van der Waals surface area contributed by atoms with Gasteiger partial charge in [-0.2, -0.15) is 5.10 Å². The maximum absolute atomic E-state index is 13.1. The van der Waals surface area contributed by atoms with Gasteiger partial charge in [0.1, 0.15) is 0 Å². The van der Waals surface area contributed by atoms with Gasteiger partial charge in [0, 0.05) is 22.7 Å².